The van der Waals surface area contributed by atoms with Gasteiger partial charge in [0, 0.05) is 5.92 Å². The molecule has 1 aromatic rings. The van der Waals surface area contributed by atoms with Crippen LogP contribution in [-0.2, 0) is 10.8 Å². The minimum Gasteiger partial charge on any atom is -0.411 e. The number of hydrogen-bond donors (Lipinski definition) is 0. The Morgan fingerprint density at radius 3 is 2.38 bits per heavy atom. The zero-order valence-corrected chi connectivity index (χ0v) is 16.1. The van der Waals surface area contributed by atoms with Gasteiger partial charge >= 0.3 is 0 Å². The van der Waals surface area contributed by atoms with Gasteiger partial charge in [-0.05, 0) is 56.5 Å². The monoisotopic (exact) mass is 325 g/mol. The third kappa shape index (κ3) is 3.35. The van der Waals surface area contributed by atoms with Crippen LogP contribution in [0.5, 0.6) is 0 Å². The summed E-state index contributed by atoms with van der Waals surface area (Å²) in [7, 11) is -1.80. The van der Waals surface area contributed by atoms with E-state index in [1.807, 2.05) is 6.07 Å². The predicted octanol–water partition coefficient (Wildman–Crippen LogP) is 5.57. The van der Waals surface area contributed by atoms with Crippen LogP contribution < -0.4 is 0 Å². The lowest BCUT2D eigenvalue weighted by molar-refractivity contribution is 0.0607. The van der Waals surface area contributed by atoms with E-state index in [-0.39, 0.29) is 10.6 Å². The molecule has 1 aliphatic carbocycles. The molecule has 1 atom stereocenters. The van der Waals surface area contributed by atoms with Crippen LogP contribution in [0.4, 0.5) is 0 Å². The maximum atomic E-state index is 6.73. The molecule has 2 nitrogen and oxygen atoms in total. The second-order valence-corrected chi connectivity index (χ2v) is 13.3. The SMILES string of the molecule is CC(C)(O[Si](C)(C)C(C)(C)C)[C@H]1CCc2ccc(Cl)nc21. The lowest BCUT2D eigenvalue weighted by Crippen LogP contribution is -2.49. The Morgan fingerprint density at radius 1 is 1.19 bits per heavy atom. The van der Waals surface area contributed by atoms with Crippen molar-refractivity contribution in [2.75, 3.05) is 0 Å². The molecule has 0 bridgehead atoms. The average Bonchev–Trinajstić information content (AvgIpc) is 2.69. The lowest BCUT2D eigenvalue weighted by atomic mass is 9.89. The molecule has 1 heterocycles. The number of aryl methyl sites for hydroxylation is 1. The maximum Gasteiger partial charge on any atom is 0.192 e. The summed E-state index contributed by atoms with van der Waals surface area (Å²) in [5, 5.41) is 0.803. The summed E-state index contributed by atoms with van der Waals surface area (Å²) in [5.41, 5.74) is 2.27. The molecule has 1 aliphatic rings. The molecular formula is C17H28ClNOSi. The van der Waals surface area contributed by atoms with Crippen molar-refractivity contribution in [2.45, 2.75) is 77.1 Å². The van der Waals surface area contributed by atoms with E-state index in [1.165, 1.54) is 5.56 Å². The molecule has 0 fully saturated rings. The molecule has 2 rings (SSSR count). The molecular weight excluding hydrogens is 298 g/mol. The smallest absolute Gasteiger partial charge is 0.192 e. The number of nitrogens with zero attached hydrogens (tertiary/aromatic N) is 1. The van der Waals surface area contributed by atoms with E-state index in [2.05, 4.69) is 58.8 Å². The van der Waals surface area contributed by atoms with Gasteiger partial charge in [0.1, 0.15) is 5.15 Å². The third-order valence-electron chi connectivity index (χ3n) is 5.17. The van der Waals surface area contributed by atoms with Gasteiger partial charge in [-0.1, -0.05) is 38.4 Å². The van der Waals surface area contributed by atoms with Crippen molar-refractivity contribution in [1.82, 2.24) is 4.98 Å². The van der Waals surface area contributed by atoms with Crippen LogP contribution in [0.15, 0.2) is 12.1 Å². The first-order valence-electron chi connectivity index (χ1n) is 7.79. The predicted molar refractivity (Wildman–Crippen MR) is 92.7 cm³/mol. The quantitative estimate of drug-likeness (QED) is 0.535. The lowest BCUT2D eigenvalue weighted by Gasteiger charge is -2.45. The van der Waals surface area contributed by atoms with Gasteiger partial charge in [-0.25, -0.2) is 4.98 Å². The van der Waals surface area contributed by atoms with Gasteiger partial charge in [-0.3, -0.25) is 0 Å². The van der Waals surface area contributed by atoms with Gasteiger partial charge in [0.15, 0.2) is 8.32 Å². The van der Waals surface area contributed by atoms with Crippen molar-refractivity contribution >= 4 is 19.9 Å². The Hall–Kier alpha value is -0.383. The third-order valence-corrected chi connectivity index (χ3v) is 10.0. The minimum atomic E-state index is -1.80. The summed E-state index contributed by atoms with van der Waals surface area (Å²) in [6.07, 6.45) is 2.18. The molecule has 0 radical (unpaired) electrons. The van der Waals surface area contributed by atoms with Crippen LogP contribution in [0, 0.1) is 0 Å². The van der Waals surface area contributed by atoms with E-state index in [1.54, 1.807) is 0 Å². The van der Waals surface area contributed by atoms with Crippen molar-refractivity contribution in [1.29, 1.82) is 0 Å². The van der Waals surface area contributed by atoms with Crippen LogP contribution in [0.25, 0.3) is 0 Å². The normalized spacial score (nSPS) is 19.7. The van der Waals surface area contributed by atoms with E-state index in [0.717, 1.165) is 18.5 Å². The maximum absolute atomic E-state index is 6.73. The summed E-state index contributed by atoms with van der Waals surface area (Å²) in [5.74, 6) is 0.334. The second kappa shape index (κ2) is 5.36. The summed E-state index contributed by atoms with van der Waals surface area (Å²) in [4.78, 5) is 4.59. The topological polar surface area (TPSA) is 22.1 Å². The minimum absolute atomic E-state index is 0.202. The van der Waals surface area contributed by atoms with Crippen LogP contribution in [0.1, 0.15) is 58.2 Å². The first-order chi connectivity index (χ1) is 9.44. The van der Waals surface area contributed by atoms with Crippen LogP contribution in [0.2, 0.25) is 23.3 Å². The largest absolute Gasteiger partial charge is 0.411 e. The van der Waals surface area contributed by atoms with Crippen LogP contribution >= 0.6 is 11.6 Å². The van der Waals surface area contributed by atoms with Crippen molar-refractivity contribution in [3.05, 3.63) is 28.5 Å². The number of fused-ring (bicyclic) bond motifs is 1. The van der Waals surface area contributed by atoms with E-state index in [0.29, 0.717) is 11.1 Å². The van der Waals surface area contributed by atoms with Crippen LogP contribution in [0.3, 0.4) is 0 Å². The fourth-order valence-corrected chi connectivity index (χ4v) is 4.90. The molecule has 4 heteroatoms. The Morgan fingerprint density at radius 2 is 1.81 bits per heavy atom. The Bertz CT molecular complexity index is 534. The number of hydrogen-bond acceptors (Lipinski definition) is 2. The molecule has 0 N–H and O–H groups in total. The molecule has 0 aromatic carbocycles. The van der Waals surface area contributed by atoms with Gasteiger partial charge in [0.2, 0.25) is 0 Å². The van der Waals surface area contributed by atoms with Crippen molar-refractivity contribution in [3.63, 3.8) is 0 Å². The molecule has 0 saturated heterocycles. The van der Waals surface area contributed by atoms with E-state index in [9.17, 15) is 0 Å². The summed E-state index contributed by atoms with van der Waals surface area (Å²) < 4.78 is 6.73. The molecule has 0 spiro atoms. The second-order valence-electron chi connectivity index (χ2n) is 8.24. The van der Waals surface area contributed by atoms with E-state index < -0.39 is 8.32 Å². The van der Waals surface area contributed by atoms with Crippen molar-refractivity contribution in [2.24, 2.45) is 0 Å². The summed E-state index contributed by atoms with van der Waals surface area (Å²) in [6, 6.07) is 4.01. The van der Waals surface area contributed by atoms with Gasteiger partial charge in [0.05, 0.1) is 11.3 Å². The summed E-state index contributed by atoms with van der Waals surface area (Å²) in [6.45, 7) is 15.9. The number of rotatable bonds is 3. The van der Waals surface area contributed by atoms with Gasteiger partial charge in [-0.15, -0.1) is 0 Å². The number of halogens is 1. The Balaban J connectivity index is 2.29. The highest BCUT2D eigenvalue weighted by Gasteiger charge is 2.46. The highest BCUT2D eigenvalue weighted by molar-refractivity contribution is 6.74. The fraction of sp³-hybridized carbons (Fsp3) is 0.706. The van der Waals surface area contributed by atoms with Crippen molar-refractivity contribution < 1.29 is 4.43 Å². The Kier molecular flexibility index (Phi) is 4.33. The Labute approximate surface area is 135 Å². The molecule has 0 aliphatic heterocycles. The first kappa shape index (κ1) is 17.0. The number of pyridine rings is 1. The molecule has 0 unspecified atom stereocenters. The highest BCUT2D eigenvalue weighted by atomic mass is 35.5. The first-order valence-corrected chi connectivity index (χ1v) is 11.1. The van der Waals surface area contributed by atoms with Gasteiger partial charge in [-0.2, -0.15) is 0 Å². The highest BCUT2D eigenvalue weighted by Crippen LogP contribution is 2.46. The van der Waals surface area contributed by atoms with Crippen molar-refractivity contribution in [3.8, 4) is 0 Å². The molecule has 118 valence electrons. The van der Waals surface area contributed by atoms with Gasteiger partial charge < -0.3 is 4.43 Å². The van der Waals surface area contributed by atoms with Gasteiger partial charge in [0.25, 0.3) is 0 Å². The van der Waals surface area contributed by atoms with Crippen LogP contribution in [-0.4, -0.2) is 18.9 Å². The summed E-state index contributed by atoms with van der Waals surface area (Å²) >= 11 is 6.10. The zero-order valence-electron chi connectivity index (χ0n) is 14.4. The molecule has 0 amide bonds. The van der Waals surface area contributed by atoms with E-state index >= 15 is 0 Å². The average molecular weight is 326 g/mol. The fourth-order valence-electron chi connectivity index (χ4n) is 2.99. The molecule has 0 saturated carbocycles. The molecule has 1 aromatic heterocycles. The molecule has 21 heavy (non-hydrogen) atoms. The standard InChI is InChI=1S/C17H28ClNOSi/c1-16(2,3)21(6,7)20-17(4,5)13-10-8-12-9-11-14(18)19-15(12)13/h9,11,13H,8,10H2,1-7H3/t13-/m0/s1. The zero-order chi connectivity index (χ0) is 16.1. The van der Waals surface area contributed by atoms with E-state index in [4.69, 9.17) is 16.0 Å². The number of aromatic nitrogens is 1.